The summed E-state index contributed by atoms with van der Waals surface area (Å²) in [7, 11) is 0. The third-order valence-electron chi connectivity index (χ3n) is 3.92. The number of anilines is 1. The second-order valence-electron chi connectivity index (χ2n) is 4.99. The van der Waals surface area contributed by atoms with Gasteiger partial charge >= 0.3 is 5.97 Å². The number of fused-ring (bicyclic) bond motifs is 1. The molecule has 3 rings (SSSR count). The maximum absolute atomic E-state index is 13.6. The molecule has 0 amide bonds. The lowest BCUT2D eigenvalue weighted by molar-refractivity contribution is 0.0697. The Labute approximate surface area is 104 Å². The van der Waals surface area contributed by atoms with Crippen LogP contribution in [0.25, 0.3) is 0 Å². The Morgan fingerprint density at radius 2 is 2.28 bits per heavy atom. The minimum atomic E-state index is -1.04. The third kappa shape index (κ3) is 1.78. The fourth-order valence-corrected chi connectivity index (χ4v) is 2.85. The number of carboxylic acid groups (broad SMARTS) is 1. The van der Waals surface area contributed by atoms with Crippen molar-refractivity contribution in [1.82, 2.24) is 0 Å². The number of benzene rings is 1. The van der Waals surface area contributed by atoms with E-state index in [1.165, 1.54) is 18.2 Å². The lowest BCUT2D eigenvalue weighted by atomic mass is 9.71. The Bertz CT molecular complexity index is 527. The van der Waals surface area contributed by atoms with Crippen LogP contribution in [0.1, 0.15) is 23.2 Å². The molecule has 1 aromatic carbocycles. The van der Waals surface area contributed by atoms with Crippen LogP contribution < -0.4 is 5.32 Å². The van der Waals surface area contributed by atoms with Gasteiger partial charge in [-0.15, -0.1) is 0 Å². The van der Waals surface area contributed by atoms with Gasteiger partial charge in [0, 0.05) is 12.0 Å². The largest absolute Gasteiger partial charge is 0.478 e. The Morgan fingerprint density at radius 3 is 3.00 bits per heavy atom. The van der Waals surface area contributed by atoms with Crippen molar-refractivity contribution in [3.8, 4) is 0 Å². The average molecular weight is 247 g/mol. The summed E-state index contributed by atoms with van der Waals surface area (Å²) in [6, 6.07) is 4.07. The summed E-state index contributed by atoms with van der Waals surface area (Å²) in [6.07, 6.45) is 6.47. The van der Waals surface area contributed by atoms with E-state index in [1.54, 1.807) is 0 Å². The number of carbonyl (C=O) groups is 1. The molecule has 0 heterocycles. The van der Waals surface area contributed by atoms with Crippen molar-refractivity contribution in [2.75, 3.05) is 5.32 Å². The standard InChI is InChI=1S/C14H14FNO2/c15-11-5-4-9(14(17)18)7-13(11)16-12-6-8-2-1-3-10(8)12/h1,3-5,7-8,10,12,16H,2,6H2,(H,17,18). The highest BCUT2D eigenvalue weighted by Crippen LogP contribution is 2.44. The van der Waals surface area contributed by atoms with Crippen molar-refractivity contribution in [3.63, 3.8) is 0 Å². The van der Waals surface area contributed by atoms with Crippen molar-refractivity contribution in [1.29, 1.82) is 0 Å². The molecule has 3 nitrogen and oxygen atoms in total. The molecule has 1 aromatic rings. The van der Waals surface area contributed by atoms with Crippen molar-refractivity contribution in [2.24, 2.45) is 11.8 Å². The van der Waals surface area contributed by atoms with E-state index in [1.807, 2.05) is 0 Å². The van der Waals surface area contributed by atoms with E-state index in [4.69, 9.17) is 5.11 Å². The molecule has 1 saturated carbocycles. The number of nitrogens with one attached hydrogen (secondary N) is 1. The van der Waals surface area contributed by atoms with Gasteiger partial charge in [0.25, 0.3) is 0 Å². The fourth-order valence-electron chi connectivity index (χ4n) is 2.85. The Kier molecular flexibility index (Phi) is 2.58. The van der Waals surface area contributed by atoms with Crippen molar-refractivity contribution in [2.45, 2.75) is 18.9 Å². The van der Waals surface area contributed by atoms with E-state index in [0.29, 0.717) is 17.5 Å². The fraction of sp³-hybridized carbons (Fsp3) is 0.357. The molecule has 0 saturated heterocycles. The molecule has 0 spiro atoms. The van der Waals surface area contributed by atoms with Gasteiger partial charge in [-0.05, 0) is 37.0 Å². The SMILES string of the molecule is O=C(O)c1ccc(F)c(NC2CC3CC=CC32)c1. The molecule has 3 unspecified atom stereocenters. The van der Waals surface area contributed by atoms with Gasteiger partial charge < -0.3 is 10.4 Å². The normalized spacial score (nSPS) is 28.6. The monoisotopic (exact) mass is 247 g/mol. The molecular weight excluding hydrogens is 233 g/mol. The summed E-state index contributed by atoms with van der Waals surface area (Å²) in [6.45, 7) is 0. The van der Waals surface area contributed by atoms with Crippen LogP contribution in [0.15, 0.2) is 30.4 Å². The second kappa shape index (κ2) is 4.12. The first kappa shape index (κ1) is 11.3. The van der Waals surface area contributed by atoms with Gasteiger partial charge in [0.2, 0.25) is 0 Å². The molecule has 2 aliphatic rings. The van der Waals surface area contributed by atoms with E-state index in [-0.39, 0.29) is 11.6 Å². The maximum atomic E-state index is 13.6. The number of aromatic carboxylic acids is 1. The average Bonchev–Trinajstić information content (AvgIpc) is 2.69. The topological polar surface area (TPSA) is 49.3 Å². The summed E-state index contributed by atoms with van der Waals surface area (Å²) in [5.41, 5.74) is 0.399. The van der Waals surface area contributed by atoms with Gasteiger partial charge in [-0.25, -0.2) is 9.18 Å². The molecule has 1 fully saturated rings. The summed E-state index contributed by atoms with van der Waals surface area (Å²) in [5, 5.41) is 12.0. The number of hydrogen-bond donors (Lipinski definition) is 2. The zero-order chi connectivity index (χ0) is 12.7. The smallest absolute Gasteiger partial charge is 0.335 e. The highest BCUT2D eigenvalue weighted by Gasteiger charge is 2.41. The predicted molar refractivity (Wildman–Crippen MR) is 66.1 cm³/mol. The maximum Gasteiger partial charge on any atom is 0.335 e. The summed E-state index contributed by atoms with van der Waals surface area (Å²) < 4.78 is 13.6. The molecule has 0 aromatic heterocycles. The van der Waals surface area contributed by atoms with E-state index < -0.39 is 11.8 Å². The van der Waals surface area contributed by atoms with Gasteiger partial charge in [0.15, 0.2) is 0 Å². The molecule has 0 radical (unpaired) electrons. The highest BCUT2D eigenvalue weighted by molar-refractivity contribution is 5.88. The quantitative estimate of drug-likeness (QED) is 0.807. The van der Waals surface area contributed by atoms with Gasteiger partial charge in [0.05, 0.1) is 11.3 Å². The Morgan fingerprint density at radius 1 is 1.44 bits per heavy atom. The van der Waals surface area contributed by atoms with Crippen LogP contribution in [-0.4, -0.2) is 17.1 Å². The van der Waals surface area contributed by atoms with Gasteiger partial charge in [0.1, 0.15) is 5.82 Å². The Balaban J connectivity index is 1.78. The number of halogens is 1. The minimum Gasteiger partial charge on any atom is -0.478 e. The van der Waals surface area contributed by atoms with E-state index in [0.717, 1.165) is 12.8 Å². The summed E-state index contributed by atoms with van der Waals surface area (Å²) in [4.78, 5) is 10.9. The minimum absolute atomic E-state index is 0.108. The van der Waals surface area contributed by atoms with Gasteiger partial charge in [-0.1, -0.05) is 12.2 Å². The van der Waals surface area contributed by atoms with Crippen molar-refractivity contribution >= 4 is 11.7 Å². The second-order valence-corrected chi connectivity index (χ2v) is 4.99. The van der Waals surface area contributed by atoms with Gasteiger partial charge in [-0.3, -0.25) is 0 Å². The molecule has 2 N–H and O–H groups in total. The van der Waals surface area contributed by atoms with Crippen LogP contribution in [0.2, 0.25) is 0 Å². The van der Waals surface area contributed by atoms with E-state index in [9.17, 15) is 9.18 Å². The molecule has 18 heavy (non-hydrogen) atoms. The first-order valence-electron chi connectivity index (χ1n) is 6.11. The van der Waals surface area contributed by atoms with Crippen LogP contribution in [0.4, 0.5) is 10.1 Å². The van der Waals surface area contributed by atoms with E-state index >= 15 is 0 Å². The summed E-state index contributed by atoms with van der Waals surface area (Å²) in [5.74, 6) is -0.276. The lowest BCUT2D eigenvalue weighted by Crippen LogP contribution is -2.43. The van der Waals surface area contributed by atoms with Crippen LogP contribution in [-0.2, 0) is 0 Å². The molecular formula is C14H14FNO2. The number of allylic oxidation sites excluding steroid dienone is 1. The number of carboxylic acids is 1. The first-order valence-corrected chi connectivity index (χ1v) is 6.11. The van der Waals surface area contributed by atoms with Crippen LogP contribution >= 0.6 is 0 Å². The molecule has 3 atom stereocenters. The molecule has 0 aliphatic heterocycles. The molecule has 4 heteroatoms. The molecule has 2 aliphatic carbocycles. The number of hydrogen-bond acceptors (Lipinski definition) is 2. The highest BCUT2D eigenvalue weighted by atomic mass is 19.1. The Hall–Kier alpha value is -1.84. The predicted octanol–water partition coefficient (Wildman–Crippen LogP) is 2.90. The molecule has 0 bridgehead atoms. The van der Waals surface area contributed by atoms with Gasteiger partial charge in [-0.2, -0.15) is 0 Å². The summed E-state index contributed by atoms with van der Waals surface area (Å²) >= 11 is 0. The number of rotatable bonds is 3. The zero-order valence-corrected chi connectivity index (χ0v) is 9.77. The van der Waals surface area contributed by atoms with Crippen molar-refractivity contribution < 1.29 is 14.3 Å². The van der Waals surface area contributed by atoms with Crippen LogP contribution in [0.3, 0.4) is 0 Å². The van der Waals surface area contributed by atoms with Crippen molar-refractivity contribution in [3.05, 3.63) is 41.7 Å². The molecule has 94 valence electrons. The van der Waals surface area contributed by atoms with Crippen LogP contribution in [0.5, 0.6) is 0 Å². The third-order valence-corrected chi connectivity index (χ3v) is 3.92. The first-order chi connectivity index (χ1) is 8.65. The van der Waals surface area contributed by atoms with E-state index in [2.05, 4.69) is 17.5 Å². The van der Waals surface area contributed by atoms with Crippen LogP contribution in [0, 0.1) is 17.7 Å². The zero-order valence-electron chi connectivity index (χ0n) is 9.77. The lowest BCUT2D eigenvalue weighted by Gasteiger charge is -2.41.